The summed E-state index contributed by atoms with van der Waals surface area (Å²) in [6.07, 6.45) is 10.2. The molecule has 2 aliphatic rings. The van der Waals surface area contributed by atoms with Crippen LogP contribution in [0.25, 0.3) is 0 Å². The summed E-state index contributed by atoms with van der Waals surface area (Å²) in [5, 5.41) is 8.14. The number of nitrogens with zero attached hydrogens (tertiary/aromatic N) is 5. The molecule has 1 saturated heterocycles. The lowest BCUT2D eigenvalue weighted by molar-refractivity contribution is -0.143. The number of carbonyl (C=O) groups is 2. The second-order valence-corrected chi connectivity index (χ2v) is 8.17. The predicted octanol–water partition coefficient (Wildman–Crippen LogP) is 2.47. The van der Waals surface area contributed by atoms with E-state index in [4.69, 9.17) is 0 Å². The normalized spacial score (nSPS) is 21.5. The highest BCUT2D eigenvalue weighted by Crippen LogP contribution is 2.27. The molecule has 0 bridgehead atoms. The first-order chi connectivity index (χ1) is 13.1. The van der Waals surface area contributed by atoms with E-state index < -0.39 is 0 Å². The summed E-state index contributed by atoms with van der Waals surface area (Å²) in [5.41, 5.74) is 0. The molecule has 1 aromatic rings. The number of likely N-dealkylation sites (tertiary alicyclic amines) is 1. The lowest BCUT2D eigenvalue weighted by atomic mass is 9.87. The highest BCUT2D eigenvalue weighted by molar-refractivity contribution is 5.83. The molecule has 1 saturated carbocycles. The molecule has 2 amide bonds. The number of carbonyl (C=O) groups excluding carboxylic acids is 2. The van der Waals surface area contributed by atoms with Crippen molar-refractivity contribution in [3.63, 3.8) is 0 Å². The van der Waals surface area contributed by atoms with Gasteiger partial charge in [0.1, 0.15) is 6.33 Å². The van der Waals surface area contributed by atoms with Crippen molar-refractivity contribution in [3.05, 3.63) is 12.2 Å². The van der Waals surface area contributed by atoms with E-state index in [0.29, 0.717) is 31.8 Å². The first-order valence-corrected chi connectivity index (χ1v) is 10.5. The van der Waals surface area contributed by atoms with E-state index in [0.717, 1.165) is 25.3 Å². The zero-order chi connectivity index (χ0) is 19.2. The SMILES string of the molecule is CCCn1cnnc1CN(C)C(=O)[C@H]1CCC(=O)N(CC2CCCCC2)C1. The van der Waals surface area contributed by atoms with Crippen molar-refractivity contribution in [2.24, 2.45) is 11.8 Å². The molecule has 2 fully saturated rings. The van der Waals surface area contributed by atoms with Crippen molar-refractivity contribution in [1.29, 1.82) is 0 Å². The maximum Gasteiger partial charge on any atom is 0.227 e. The molecule has 1 aliphatic carbocycles. The molecule has 150 valence electrons. The lowest BCUT2D eigenvalue weighted by Crippen LogP contribution is -2.47. The van der Waals surface area contributed by atoms with Crippen molar-refractivity contribution < 1.29 is 9.59 Å². The fourth-order valence-electron chi connectivity index (χ4n) is 4.41. The van der Waals surface area contributed by atoms with Crippen molar-refractivity contribution in [2.75, 3.05) is 20.1 Å². The third kappa shape index (κ3) is 5.08. The molecule has 7 nitrogen and oxygen atoms in total. The van der Waals surface area contributed by atoms with Crippen LogP contribution in [0.2, 0.25) is 0 Å². The Balaban J connectivity index is 1.56. The zero-order valence-electron chi connectivity index (χ0n) is 16.8. The van der Waals surface area contributed by atoms with E-state index in [9.17, 15) is 9.59 Å². The van der Waals surface area contributed by atoms with Gasteiger partial charge in [0.15, 0.2) is 5.82 Å². The number of aryl methyl sites for hydroxylation is 1. The van der Waals surface area contributed by atoms with Crippen LogP contribution in [0.4, 0.5) is 0 Å². The van der Waals surface area contributed by atoms with E-state index in [1.165, 1.54) is 32.1 Å². The van der Waals surface area contributed by atoms with E-state index in [2.05, 4.69) is 17.1 Å². The molecule has 7 heteroatoms. The summed E-state index contributed by atoms with van der Waals surface area (Å²) in [6, 6.07) is 0. The molecule has 1 atom stereocenters. The number of rotatable bonds is 7. The highest BCUT2D eigenvalue weighted by atomic mass is 16.2. The van der Waals surface area contributed by atoms with Gasteiger partial charge >= 0.3 is 0 Å². The van der Waals surface area contributed by atoms with Crippen molar-refractivity contribution in [1.82, 2.24) is 24.6 Å². The van der Waals surface area contributed by atoms with Crippen LogP contribution >= 0.6 is 0 Å². The Kier molecular flexibility index (Phi) is 6.85. The first kappa shape index (κ1) is 19.8. The molecular formula is C20H33N5O2. The number of hydrogen-bond acceptors (Lipinski definition) is 4. The van der Waals surface area contributed by atoms with Crippen LogP contribution in [0.3, 0.4) is 0 Å². The van der Waals surface area contributed by atoms with Gasteiger partial charge in [-0.15, -0.1) is 10.2 Å². The third-order valence-electron chi connectivity index (χ3n) is 5.97. The monoisotopic (exact) mass is 375 g/mol. The largest absolute Gasteiger partial charge is 0.342 e. The average Bonchev–Trinajstić information content (AvgIpc) is 3.11. The van der Waals surface area contributed by atoms with Crippen LogP contribution in [-0.2, 0) is 22.7 Å². The molecule has 27 heavy (non-hydrogen) atoms. The van der Waals surface area contributed by atoms with Gasteiger partial charge in [-0.25, -0.2) is 0 Å². The molecule has 2 heterocycles. The van der Waals surface area contributed by atoms with Gasteiger partial charge in [0, 0.05) is 33.1 Å². The van der Waals surface area contributed by atoms with E-state index in [-0.39, 0.29) is 17.7 Å². The van der Waals surface area contributed by atoms with Gasteiger partial charge in [0.05, 0.1) is 12.5 Å². The van der Waals surface area contributed by atoms with Gasteiger partial charge < -0.3 is 14.4 Å². The van der Waals surface area contributed by atoms with Crippen LogP contribution < -0.4 is 0 Å². The maximum atomic E-state index is 13.0. The summed E-state index contributed by atoms with van der Waals surface area (Å²) in [4.78, 5) is 29.0. The Labute approximate surface area is 162 Å². The van der Waals surface area contributed by atoms with Crippen molar-refractivity contribution in [3.8, 4) is 0 Å². The van der Waals surface area contributed by atoms with Crippen LogP contribution in [0.15, 0.2) is 6.33 Å². The van der Waals surface area contributed by atoms with E-state index in [1.807, 2.05) is 16.5 Å². The Morgan fingerprint density at radius 2 is 2.04 bits per heavy atom. The first-order valence-electron chi connectivity index (χ1n) is 10.5. The molecule has 0 N–H and O–H groups in total. The van der Waals surface area contributed by atoms with Crippen LogP contribution in [-0.4, -0.2) is 56.5 Å². The molecule has 1 aliphatic heterocycles. The zero-order valence-corrected chi connectivity index (χ0v) is 16.8. The topological polar surface area (TPSA) is 71.3 Å². The Hall–Kier alpha value is -1.92. The van der Waals surface area contributed by atoms with E-state index in [1.54, 1.807) is 11.2 Å². The number of aromatic nitrogens is 3. The summed E-state index contributed by atoms with van der Waals surface area (Å²) in [6.45, 7) is 4.83. The van der Waals surface area contributed by atoms with Gasteiger partial charge in [-0.05, 0) is 31.6 Å². The van der Waals surface area contributed by atoms with E-state index >= 15 is 0 Å². The second kappa shape index (κ2) is 9.33. The van der Waals surface area contributed by atoms with Crippen LogP contribution in [0.1, 0.15) is 64.1 Å². The van der Waals surface area contributed by atoms with Crippen LogP contribution in [0.5, 0.6) is 0 Å². The molecule has 3 rings (SSSR count). The molecule has 1 aromatic heterocycles. The molecule has 0 aromatic carbocycles. The van der Waals surface area contributed by atoms with Gasteiger partial charge in [-0.2, -0.15) is 0 Å². The molecule has 0 unspecified atom stereocenters. The Morgan fingerprint density at radius 3 is 2.78 bits per heavy atom. The highest BCUT2D eigenvalue weighted by Gasteiger charge is 2.33. The summed E-state index contributed by atoms with van der Waals surface area (Å²) < 4.78 is 2.00. The predicted molar refractivity (Wildman–Crippen MR) is 103 cm³/mol. The standard InChI is InChI=1S/C20H33N5O2/c1-3-11-24-15-21-22-18(24)14-23(2)20(27)17-9-10-19(26)25(13-17)12-16-7-5-4-6-8-16/h15-17H,3-14H2,1-2H3/t17-/m0/s1. The maximum absolute atomic E-state index is 13.0. The summed E-state index contributed by atoms with van der Waals surface area (Å²) in [7, 11) is 1.83. The molecule has 0 radical (unpaired) electrons. The average molecular weight is 376 g/mol. The summed E-state index contributed by atoms with van der Waals surface area (Å²) in [5.74, 6) is 1.66. The number of amides is 2. The van der Waals surface area contributed by atoms with Crippen molar-refractivity contribution >= 4 is 11.8 Å². The fraction of sp³-hybridized carbons (Fsp3) is 0.800. The van der Waals surface area contributed by atoms with Crippen molar-refractivity contribution in [2.45, 2.75) is 71.4 Å². The third-order valence-corrected chi connectivity index (χ3v) is 5.97. The molecule has 0 spiro atoms. The minimum atomic E-state index is -0.0983. The fourth-order valence-corrected chi connectivity index (χ4v) is 4.41. The van der Waals surface area contributed by atoms with Gasteiger partial charge in [0.2, 0.25) is 11.8 Å². The second-order valence-electron chi connectivity index (χ2n) is 8.17. The molecular weight excluding hydrogens is 342 g/mol. The Morgan fingerprint density at radius 1 is 1.26 bits per heavy atom. The summed E-state index contributed by atoms with van der Waals surface area (Å²) >= 11 is 0. The van der Waals surface area contributed by atoms with Crippen LogP contribution in [0, 0.1) is 11.8 Å². The minimum Gasteiger partial charge on any atom is -0.342 e. The lowest BCUT2D eigenvalue weighted by Gasteiger charge is -2.36. The number of piperidine rings is 1. The quantitative estimate of drug-likeness (QED) is 0.734. The van der Waals surface area contributed by atoms with Gasteiger partial charge in [-0.1, -0.05) is 26.2 Å². The Bertz CT molecular complexity index is 638. The number of hydrogen-bond donors (Lipinski definition) is 0. The van der Waals surface area contributed by atoms with Gasteiger partial charge in [-0.3, -0.25) is 9.59 Å². The smallest absolute Gasteiger partial charge is 0.227 e. The minimum absolute atomic E-state index is 0.0983. The van der Waals surface area contributed by atoms with Gasteiger partial charge in [0.25, 0.3) is 0 Å².